The van der Waals surface area contributed by atoms with E-state index in [1.165, 1.54) is 5.56 Å². The summed E-state index contributed by atoms with van der Waals surface area (Å²) in [5.74, 6) is 0.904. The second-order valence-corrected chi connectivity index (χ2v) is 3.94. The van der Waals surface area contributed by atoms with Gasteiger partial charge in [-0.3, -0.25) is 0 Å². The van der Waals surface area contributed by atoms with Gasteiger partial charge in [0.15, 0.2) is 5.76 Å². The van der Waals surface area contributed by atoms with Crippen molar-refractivity contribution in [3.63, 3.8) is 0 Å². The van der Waals surface area contributed by atoms with E-state index in [0.717, 1.165) is 36.5 Å². The van der Waals surface area contributed by atoms with Crippen LogP contribution in [-0.2, 0) is 13.0 Å². The average Bonchev–Trinajstić information content (AvgIpc) is 2.80. The highest BCUT2D eigenvalue weighted by atomic mass is 16.5. The minimum atomic E-state index is 0.774. The van der Waals surface area contributed by atoms with Gasteiger partial charge in [0.2, 0.25) is 0 Å². The topological polar surface area (TPSA) is 38.1 Å². The number of hydrogen-bond donors (Lipinski definition) is 1. The third-order valence-corrected chi connectivity index (χ3v) is 2.80. The molecule has 0 saturated heterocycles. The zero-order valence-electron chi connectivity index (χ0n) is 10.4. The second-order valence-electron chi connectivity index (χ2n) is 3.94. The van der Waals surface area contributed by atoms with Crippen molar-refractivity contribution in [1.82, 2.24) is 10.5 Å². The van der Waals surface area contributed by atoms with Gasteiger partial charge < -0.3 is 9.84 Å². The molecule has 0 unspecified atom stereocenters. The van der Waals surface area contributed by atoms with Gasteiger partial charge in [0, 0.05) is 17.7 Å². The fraction of sp³-hybridized carbons (Fsp3) is 0.357. The van der Waals surface area contributed by atoms with E-state index >= 15 is 0 Å². The Hall–Kier alpha value is -1.61. The Morgan fingerprint density at radius 2 is 1.94 bits per heavy atom. The molecule has 0 bridgehead atoms. The van der Waals surface area contributed by atoms with Crippen molar-refractivity contribution in [2.75, 3.05) is 6.54 Å². The van der Waals surface area contributed by atoms with Crippen LogP contribution in [0.3, 0.4) is 0 Å². The average molecular weight is 230 g/mol. The van der Waals surface area contributed by atoms with Gasteiger partial charge in [-0.2, -0.15) is 0 Å². The van der Waals surface area contributed by atoms with Crippen molar-refractivity contribution < 1.29 is 4.52 Å². The van der Waals surface area contributed by atoms with E-state index in [0.29, 0.717) is 0 Å². The molecule has 3 heteroatoms. The minimum Gasteiger partial charge on any atom is -0.356 e. The Labute approximate surface area is 102 Å². The fourth-order valence-corrected chi connectivity index (χ4v) is 1.91. The molecule has 17 heavy (non-hydrogen) atoms. The number of benzene rings is 1. The summed E-state index contributed by atoms with van der Waals surface area (Å²) in [4.78, 5) is 0. The first kappa shape index (κ1) is 11.9. The summed E-state index contributed by atoms with van der Waals surface area (Å²) >= 11 is 0. The standard InChI is InChI=1S/C14H18N2O/c1-3-12-13(10-15-4-2)16-17-14(12)11-8-6-5-7-9-11/h5-9,15H,3-4,10H2,1-2H3. The van der Waals surface area contributed by atoms with Crippen molar-refractivity contribution in [2.24, 2.45) is 0 Å². The number of rotatable bonds is 5. The maximum Gasteiger partial charge on any atom is 0.170 e. The Morgan fingerprint density at radius 1 is 1.18 bits per heavy atom. The van der Waals surface area contributed by atoms with E-state index in [-0.39, 0.29) is 0 Å². The molecule has 0 atom stereocenters. The highest BCUT2D eigenvalue weighted by Gasteiger charge is 2.14. The first-order valence-electron chi connectivity index (χ1n) is 6.10. The zero-order chi connectivity index (χ0) is 12.1. The summed E-state index contributed by atoms with van der Waals surface area (Å²) in [6.07, 6.45) is 0.939. The van der Waals surface area contributed by atoms with Crippen molar-refractivity contribution in [3.05, 3.63) is 41.6 Å². The summed E-state index contributed by atoms with van der Waals surface area (Å²) in [5, 5.41) is 7.44. The lowest BCUT2D eigenvalue weighted by Gasteiger charge is -2.01. The highest BCUT2D eigenvalue weighted by Crippen LogP contribution is 2.26. The predicted octanol–water partition coefficient (Wildman–Crippen LogP) is 3.01. The highest BCUT2D eigenvalue weighted by molar-refractivity contribution is 5.61. The molecule has 90 valence electrons. The minimum absolute atomic E-state index is 0.774. The predicted molar refractivity (Wildman–Crippen MR) is 68.7 cm³/mol. The molecule has 0 radical (unpaired) electrons. The monoisotopic (exact) mass is 230 g/mol. The normalized spacial score (nSPS) is 10.7. The van der Waals surface area contributed by atoms with Crippen molar-refractivity contribution in [2.45, 2.75) is 26.8 Å². The van der Waals surface area contributed by atoms with Crippen LogP contribution in [0.25, 0.3) is 11.3 Å². The first-order valence-corrected chi connectivity index (χ1v) is 6.10. The van der Waals surface area contributed by atoms with Gasteiger partial charge in [0.05, 0.1) is 0 Å². The van der Waals surface area contributed by atoms with E-state index in [4.69, 9.17) is 4.52 Å². The Morgan fingerprint density at radius 3 is 2.59 bits per heavy atom. The third-order valence-electron chi connectivity index (χ3n) is 2.80. The molecule has 0 amide bonds. The maximum absolute atomic E-state index is 5.48. The summed E-state index contributed by atoms with van der Waals surface area (Å²) in [6.45, 7) is 5.94. The lowest BCUT2D eigenvalue weighted by atomic mass is 10.0. The molecular weight excluding hydrogens is 212 g/mol. The molecule has 0 spiro atoms. The molecule has 0 saturated carbocycles. The summed E-state index contributed by atoms with van der Waals surface area (Å²) in [7, 11) is 0. The van der Waals surface area contributed by atoms with Crippen LogP contribution < -0.4 is 5.32 Å². The Balaban J connectivity index is 2.32. The number of aromatic nitrogens is 1. The van der Waals surface area contributed by atoms with Crippen LogP contribution in [0.4, 0.5) is 0 Å². The van der Waals surface area contributed by atoms with Gasteiger partial charge in [0.25, 0.3) is 0 Å². The van der Waals surface area contributed by atoms with Gasteiger partial charge in [-0.05, 0) is 13.0 Å². The zero-order valence-corrected chi connectivity index (χ0v) is 10.4. The number of nitrogens with one attached hydrogen (secondary N) is 1. The van der Waals surface area contributed by atoms with E-state index in [2.05, 4.69) is 36.5 Å². The molecule has 1 N–H and O–H groups in total. The van der Waals surface area contributed by atoms with E-state index in [1.54, 1.807) is 0 Å². The number of nitrogens with zero attached hydrogens (tertiary/aromatic N) is 1. The van der Waals surface area contributed by atoms with E-state index < -0.39 is 0 Å². The van der Waals surface area contributed by atoms with Gasteiger partial charge in [-0.15, -0.1) is 0 Å². The second kappa shape index (κ2) is 5.64. The third kappa shape index (κ3) is 2.56. The van der Waals surface area contributed by atoms with Crippen LogP contribution in [0, 0.1) is 0 Å². The van der Waals surface area contributed by atoms with E-state index in [9.17, 15) is 0 Å². The largest absolute Gasteiger partial charge is 0.356 e. The molecule has 1 heterocycles. The molecule has 1 aromatic heterocycles. The van der Waals surface area contributed by atoms with Crippen molar-refractivity contribution >= 4 is 0 Å². The van der Waals surface area contributed by atoms with E-state index in [1.807, 2.05) is 18.2 Å². The van der Waals surface area contributed by atoms with Crippen LogP contribution in [0.2, 0.25) is 0 Å². The van der Waals surface area contributed by atoms with Gasteiger partial charge in [-0.1, -0.05) is 49.3 Å². The number of hydrogen-bond acceptors (Lipinski definition) is 3. The Kier molecular flexibility index (Phi) is 3.94. The molecule has 3 nitrogen and oxygen atoms in total. The van der Waals surface area contributed by atoms with Crippen molar-refractivity contribution in [3.8, 4) is 11.3 Å². The fourth-order valence-electron chi connectivity index (χ4n) is 1.91. The lowest BCUT2D eigenvalue weighted by Crippen LogP contribution is -2.13. The molecule has 1 aromatic carbocycles. The van der Waals surface area contributed by atoms with Crippen LogP contribution in [0.1, 0.15) is 25.1 Å². The molecule has 2 aromatic rings. The lowest BCUT2D eigenvalue weighted by molar-refractivity contribution is 0.420. The van der Waals surface area contributed by atoms with Gasteiger partial charge in [0.1, 0.15) is 5.69 Å². The molecule has 0 aliphatic carbocycles. The first-order chi connectivity index (χ1) is 8.36. The molecule has 0 aliphatic rings. The molecule has 2 rings (SSSR count). The van der Waals surface area contributed by atoms with Crippen molar-refractivity contribution in [1.29, 1.82) is 0 Å². The maximum atomic E-state index is 5.48. The summed E-state index contributed by atoms with van der Waals surface area (Å²) < 4.78 is 5.48. The van der Waals surface area contributed by atoms with Crippen LogP contribution in [0.15, 0.2) is 34.9 Å². The molecular formula is C14H18N2O. The summed E-state index contributed by atoms with van der Waals surface area (Å²) in [6, 6.07) is 10.1. The molecule has 0 aliphatic heterocycles. The van der Waals surface area contributed by atoms with Crippen LogP contribution in [0.5, 0.6) is 0 Å². The quantitative estimate of drug-likeness (QED) is 0.858. The SMILES string of the molecule is CCNCc1noc(-c2ccccc2)c1CC. The van der Waals surface area contributed by atoms with Crippen LogP contribution in [-0.4, -0.2) is 11.7 Å². The Bertz CT molecular complexity index is 462. The van der Waals surface area contributed by atoms with Gasteiger partial charge >= 0.3 is 0 Å². The molecule has 0 fully saturated rings. The summed E-state index contributed by atoms with van der Waals surface area (Å²) in [5.41, 5.74) is 3.32. The van der Waals surface area contributed by atoms with Gasteiger partial charge in [-0.25, -0.2) is 0 Å². The smallest absolute Gasteiger partial charge is 0.170 e. The van der Waals surface area contributed by atoms with Crippen LogP contribution >= 0.6 is 0 Å².